The van der Waals surface area contributed by atoms with E-state index in [1.165, 1.54) is 21.1 Å². The second-order valence-corrected chi connectivity index (χ2v) is 3.96. The number of carbonyl (C=O) groups excluding carboxylic acids is 3. The largest absolute Gasteiger partial charge is 0.468 e. The number of hydrogen-bond acceptors (Lipinski definition) is 6. The molecule has 6 heteroatoms. The number of carbonyl (C=O) groups is 3. The first-order chi connectivity index (χ1) is 8.49. The topological polar surface area (TPSA) is 78.9 Å². The zero-order valence-electron chi connectivity index (χ0n) is 10.5. The third kappa shape index (κ3) is 3.32. The van der Waals surface area contributed by atoms with Crippen LogP contribution in [0, 0.1) is 11.8 Å². The maximum absolute atomic E-state index is 11.6. The molecule has 0 saturated heterocycles. The molecule has 0 saturated carbocycles. The predicted octanol–water partition coefficient (Wildman–Crippen LogP) is 0.456. The van der Waals surface area contributed by atoms with E-state index in [9.17, 15) is 14.4 Å². The molecule has 0 spiro atoms. The average Bonchev–Trinajstić information content (AvgIpc) is 2.76. The minimum absolute atomic E-state index is 0.369. The van der Waals surface area contributed by atoms with Crippen molar-refractivity contribution in [1.29, 1.82) is 0 Å². The van der Waals surface area contributed by atoms with Crippen LogP contribution in [0.4, 0.5) is 0 Å². The Morgan fingerprint density at radius 2 is 1.67 bits per heavy atom. The van der Waals surface area contributed by atoms with E-state index in [4.69, 9.17) is 4.74 Å². The first kappa shape index (κ1) is 14.2. The van der Waals surface area contributed by atoms with Gasteiger partial charge in [0.05, 0.1) is 14.2 Å². The fourth-order valence-electron chi connectivity index (χ4n) is 1.94. The lowest BCUT2D eigenvalue weighted by Gasteiger charge is -2.18. The lowest BCUT2D eigenvalue weighted by molar-refractivity contribution is -0.160. The van der Waals surface area contributed by atoms with Gasteiger partial charge in [0.1, 0.15) is 6.10 Å². The van der Waals surface area contributed by atoms with Crippen LogP contribution in [0.1, 0.15) is 13.3 Å². The molecule has 18 heavy (non-hydrogen) atoms. The second-order valence-electron chi connectivity index (χ2n) is 3.96. The van der Waals surface area contributed by atoms with Gasteiger partial charge in [-0.25, -0.2) is 0 Å². The summed E-state index contributed by atoms with van der Waals surface area (Å²) in [5.41, 5.74) is 0. The van der Waals surface area contributed by atoms with Crippen LogP contribution in [0.2, 0.25) is 0 Å². The summed E-state index contributed by atoms with van der Waals surface area (Å²) < 4.78 is 14.2. The van der Waals surface area contributed by atoms with Crippen LogP contribution in [-0.2, 0) is 28.6 Å². The molecular weight excluding hydrogens is 240 g/mol. The summed E-state index contributed by atoms with van der Waals surface area (Å²) in [6.45, 7) is 1.30. The Morgan fingerprint density at radius 1 is 1.11 bits per heavy atom. The van der Waals surface area contributed by atoms with Crippen molar-refractivity contribution in [2.45, 2.75) is 19.4 Å². The van der Waals surface area contributed by atoms with Gasteiger partial charge in [-0.15, -0.1) is 0 Å². The molecule has 0 heterocycles. The summed E-state index contributed by atoms with van der Waals surface area (Å²) in [7, 11) is 2.42. The minimum atomic E-state index is -1.02. The molecule has 0 aromatic heterocycles. The van der Waals surface area contributed by atoms with Crippen molar-refractivity contribution in [2.24, 2.45) is 11.8 Å². The van der Waals surface area contributed by atoms with Gasteiger partial charge in [-0.1, -0.05) is 6.08 Å². The third-order valence-electron chi connectivity index (χ3n) is 2.73. The molecule has 0 aromatic carbocycles. The summed E-state index contributed by atoms with van der Waals surface area (Å²) in [4.78, 5) is 33.9. The van der Waals surface area contributed by atoms with Crippen molar-refractivity contribution in [3.05, 3.63) is 12.2 Å². The smallest absolute Gasteiger partial charge is 0.320 e. The standard InChI is InChI=1S/C12H16O6/c1-7(13)18-9-5-4-8(6-9)10(11(14)16-2)12(15)17-3/h4-5,8-10H,6H2,1-3H3/t8-,9-/m0/s1. The highest BCUT2D eigenvalue weighted by molar-refractivity contribution is 5.95. The van der Waals surface area contributed by atoms with E-state index in [-0.39, 0.29) is 5.92 Å². The number of methoxy groups -OCH3 is 2. The molecule has 1 aliphatic carbocycles. The molecule has 0 N–H and O–H groups in total. The monoisotopic (exact) mass is 256 g/mol. The van der Waals surface area contributed by atoms with Gasteiger partial charge in [0, 0.05) is 12.8 Å². The molecule has 0 aliphatic heterocycles. The molecular formula is C12H16O6. The van der Waals surface area contributed by atoms with E-state index >= 15 is 0 Å². The molecule has 0 amide bonds. The molecule has 1 rings (SSSR count). The summed E-state index contributed by atoms with van der Waals surface area (Å²) >= 11 is 0. The Hall–Kier alpha value is -1.85. The fraction of sp³-hybridized carbons (Fsp3) is 0.583. The average molecular weight is 256 g/mol. The number of rotatable bonds is 4. The van der Waals surface area contributed by atoms with E-state index in [1.54, 1.807) is 12.2 Å². The highest BCUT2D eigenvalue weighted by atomic mass is 16.5. The highest BCUT2D eigenvalue weighted by Crippen LogP contribution is 2.29. The Kier molecular flexibility index (Phi) is 4.88. The summed E-state index contributed by atoms with van der Waals surface area (Å²) in [5.74, 6) is -3.11. The van der Waals surface area contributed by atoms with Crippen LogP contribution in [0.15, 0.2) is 12.2 Å². The fourth-order valence-corrected chi connectivity index (χ4v) is 1.94. The Morgan fingerprint density at radius 3 is 2.11 bits per heavy atom. The lowest BCUT2D eigenvalue weighted by Crippen LogP contribution is -2.32. The van der Waals surface area contributed by atoms with Crippen molar-refractivity contribution in [1.82, 2.24) is 0 Å². The van der Waals surface area contributed by atoms with Gasteiger partial charge in [0.25, 0.3) is 0 Å². The van der Waals surface area contributed by atoms with Gasteiger partial charge in [-0.05, 0) is 12.5 Å². The van der Waals surface area contributed by atoms with Crippen molar-refractivity contribution < 1.29 is 28.6 Å². The Bertz CT molecular complexity index is 357. The molecule has 1 aliphatic rings. The maximum atomic E-state index is 11.6. The number of esters is 3. The van der Waals surface area contributed by atoms with Crippen LogP contribution in [-0.4, -0.2) is 38.2 Å². The van der Waals surface area contributed by atoms with Crippen LogP contribution in [0.3, 0.4) is 0 Å². The zero-order chi connectivity index (χ0) is 13.7. The Balaban J connectivity index is 2.72. The molecule has 0 fully saturated rings. The van der Waals surface area contributed by atoms with E-state index in [0.717, 1.165) is 0 Å². The van der Waals surface area contributed by atoms with Crippen molar-refractivity contribution in [3.8, 4) is 0 Å². The van der Waals surface area contributed by atoms with Gasteiger partial charge in [-0.2, -0.15) is 0 Å². The van der Waals surface area contributed by atoms with Crippen molar-refractivity contribution in [2.75, 3.05) is 14.2 Å². The van der Waals surface area contributed by atoms with Gasteiger partial charge in [0.2, 0.25) is 0 Å². The molecule has 100 valence electrons. The second kappa shape index (κ2) is 6.18. The van der Waals surface area contributed by atoms with E-state index in [2.05, 4.69) is 9.47 Å². The molecule has 0 unspecified atom stereocenters. The zero-order valence-corrected chi connectivity index (χ0v) is 10.5. The van der Waals surface area contributed by atoms with Crippen molar-refractivity contribution >= 4 is 17.9 Å². The highest BCUT2D eigenvalue weighted by Gasteiger charge is 2.39. The minimum Gasteiger partial charge on any atom is -0.468 e. The maximum Gasteiger partial charge on any atom is 0.320 e. The quantitative estimate of drug-likeness (QED) is 0.314. The van der Waals surface area contributed by atoms with Crippen LogP contribution in [0.5, 0.6) is 0 Å². The first-order valence-electron chi connectivity index (χ1n) is 5.50. The predicted molar refractivity (Wildman–Crippen MR) is 60.3 cm³/mol. The van der Waals surface area contributed by atoms with Crippen molar-refractivity contribution in [3.63, 3.8) is 0 Å². The summed E-state index contributed by atoms with van der Waals surface area (Å²) in [6, 6.07) is 0. The molecule has 0 bridgehead atoms. The Labute approximate surface area is 105 Å². The van der Waals surface area contributed by atoms with Gasteiger partial charge >= 0.3 is 17.9 Å². The van der Waals surface area contributed by atoms with Crippen LogP contribution < -0.4 is 0 Å². The third-order valence-corrected chi connectivity index (χ3v) is 2.73. The van der Waals surface area contributed by atoms with Crippen LogP contribution >= 0.6 is 0 Å². The lowest BCUT2D eigenvalue weighted by atomic mass is 9.91. The number of hydrogen-bond donors (Lipinski definition) is 0. The summed E-state index contributed by atoms with van der Waals surface area (Å²) in [6.07, 6.45) is 3.29. The molecule has 0 aromatic rings. The van der Waals surface area contributed by atoms with Gasteiger partial charge in [-0.3, -0.25) is 14.4 Å². The molecule has 2 atom stereocenters. The van der Waals surface area contributed by atoms with E-state index in [0.29, 0.717) is 6.42 Å². The van der Waals surface area contributed by atoms with E-state index in [1.807, 2.05) is 0 Å². The SMILES string of the molecule is COC(=O)C(C(=O)OC)[C@H]1C=C[C@H](OC(C)=O)C1. The summed E-state index contributed by atoms with van der Waals surface area (Å²) in [5, 5.41) is 0. The first-order valence-corrected chi connectivity index (χ1v) is 5.50. The van der Waals surface area contributed by atoms with E-state index < -0.39 is 29.9 Å². The molecule has 6 nitrogen and oxygen atoms in total. The van der Waals surface area contributed by atoms with Crippen LogP contribution in [0.25, 0.3) is 0 Å². The van der Waals surface area contributed by atoms with Gasteiger partial charge < -0.3 is 14.2 Å². The normalized spacial score (nSPS) is 21.8. The molecule has 0 radical (unpaired) electrons. The van der Waals surface area contributed by atoms with Gasteiger partial charge in [0.15, 0.2) is 5.92 Å². The number of ether oxygens (including phenoxy) is 3. The number of allylic oxidation sites excluding steroid dienone is 1.